The molecule has 0 aliphatic rings. The van der Waals surface area contributed by atoms with E-state index in [4.69, 9.17) is 0 Å². The quantitative estimate of drug-likeness (QED) is 0.413. The van der Waals surface area contributed by atoms with E-state index >= 15 is 0 Å². The van der Waals surface area contributed by atoms with Crippen LogP contribution >= 0.6 is 0 Å². The topological polar surface area (TPSA) is 84.5 Å². The van der Waals surface area contributed by atoms with Gasteiger partial charge < -0.3 is 15.4 Å². The summed E-state index contributed by atoms with van der Waals surface area (Å²) in [6.07, 6.45) is 0. The van der Waals surface area contributed by atoms with Gasteiger partial charge in [-0.25, -0.2) is 4.79 Å². The molecule has 2 amide bonds. The fourth-order valence-corrected chi connectivity index (χ4v) is 0.585. The molecule has 2 N–H and O–H groups in total. The van der Waals surface area contributed by atoms with E-state index in [9.17, 15) is 14.4 Å². The van der Waals surface area contributed by atoms with Crippen LogP contribution in [0, 0.1) is 0 Å². The van der Waals surface area contributed by atoms with E-state index in [0.717, 1.165) is 7.11 Å². The number of hydrogen-bond donors (Lipinski definition) is 2. The second-order valence-corrected chi connectivity index (χ2v) is 2.13. The fourth-order valence-electron chi connectivity index (χ4n) is 0.585. The summed E-state index contributed by atoms with van der Waals surface area (Å²) in [5, 5.41) is 4.54. The molecule has 13 heavy (non-hydrogen) atoms. The smallest absolute Gasteiger partial charge is 0.396 e. The molecule has 0 aromatic carbocycles. The lowest BCUT2D eigenvalue weighted by Gasteiger charge is -2.02. The standard InChI is InChI=1S/C7H12N2O4/c1-3-8-5(10)4-9-6(11)7(12)13-2/h3-4H2,1-2H3,(H,8,10)(H,9,11). The van der Waals surface area contributed by atoms with Crippen molar-refractivity contribution in [2.24, 2.45) is 0 Å². The van der Waals surface area contributed by atoms with Crippen LogP contribution in [0.25, 0.3) is 0 Å². The molecule has 0 aromatic rings. The van der Waals surface area contributed by atoms with Crippen molar-refractivity contribution < 1.29 is 19.1 Å². The zero-order chi connectivity index (χ0) is 10.3. The lowest BCUT2D eigenvalue weighted by molar-refractivity contribution is -0.152. The number of hydrogen-bond acceptors (Lipinski definition) is 4. The van der Waals surface area contributed by atoms with Crippen molar-refractivity contribution in [3.8, 4) is 0 Å². The molecule has 0 saturated heterocycles. The molecule has 0 unspecified atom stereocenters. The molecule has 0 aliphatic carbocycles. The van der Waals surface area contributed by atoms with Crippen LogP contribution < -0.4 is 10.6 Å². The van der Waals surface area contributed by atoms with Crippen molar-refractivity contribution in [1.29, 1.82) is 0 Å². The summed E-state index contributed by atoms with van der Waals surface area (Å²) in [5.41, 5.74) is 0. The molecule has 0 atom stereocenters. The molecule has 0 saturated carbocycles. The molecule has 74 valence electrons. The average Bonchev–Trinajstić information content (AvgIpc) is 2.13. The summed E-state index contributed by atoms with van der Waals surface area (Å²) >= 11 is 0. The molecule has 0 aliphatic heterocycles. The predicted molar refractivity (Wildman–Crippen MR) is 43.7 cm³/mol. The van der Waals surface area contributed by atoms with Crippen LogP contribution in [-0.2, 0) is 19.1 Å². The SMILES string of the molecule is CCNC(=O)CNC(=O)C(=O)OC. The molecular formula is C7H12N2O4. The van der Waals surface area contributed by atoms with Crippen LogP contribution in [0.15, 0.2) is 0 Å². The average molecular weight is 188 g/mol. The number of esters is 1. The molecule has 6 heteroatoms. The van der Waals surface area contributed by atoms with Crippen LogP contribution in [0.1, 0.15) is 6.92 Å². The molecule has 0 rings (SSSR count). The maximum absolute atomic E-state index is 10.8. The Hall–Kier alpha value is -1.59. The number of nitrogens with one attached hydrogen (secondary N) is 2. The summed E-state index contributed by atoms with van der Waals surface area (Å²) < 4.78 is 4.12. The van der Waals surface area contributed by atoms with Gasteiger partial charge >= 0.3 is 11.9 Å². The number of carbonyl (C=O) groups is 3. The first-order valence-corrected chi connectivity index (χ1v) is 3.74. The normalized spacial score (nSPS) is 8.77. The fraction of sp³-hybridized carbons (Fsp3) is 0.571. The van der Waals surface area contributed by atoms with Crippen LogP contribution in [-0.4, -0.2) is 38.0 Å². The summed E-state index contributed by atoms with van der Waals surface area (Å²) in [5.74, 6) is -2.28. The Bertz CT molecular complexity index is 215. The zero-order valence-electron chi connectivity index (χ0n) is 7.55. The monoisotopic (exact) mass is 188 g/mol. The van der Waals surface area contributed by atoms with Crippen LogP contribution in [0.3, 0.4) is 0 Å². The van der Waals surface area contributed by atoms with Gasteiger partial charge in [-0.1, -0.05) is 0 Å². The van der Waals surface area contributed by atoms with Crippen molar-refractivity contribution in [2.45, 2.75) is 6.92 Å². The highest BCUT2D eigenvalue weighted by Gasteiger charge is 2.13. The highest BCUT2D eigenvalue weighted by atomic mass is 16.5. The number of methoxy groups -OCH3 is 1. The lowest BCUT2D eigenvalue weighted by atomic mass is 10.5. The molecule has 0 spiro atoms. The van der Waals surface area contributed by atoms with Crippen molar-refractivity contribution in [2.75, 3.05) is 20.2 Å². The van der Waals surface area contributed by atoms with Gasteiger partial charge in [0, 0.05) is 6.54 Å². The van der Waals surface area contributed by atoms with E-state index in [1.54, 1.807) is 6.92 Å². The van der Waals surface area contributed by atoms with Gasteiger partial charge in [-0.2, -0.15) is 0 Å². The second kappa shape index (κ2) is 5.99. The van der Waals surface area contributed by atoms with E-state index in [0.29, 0.717) is 6.54 Å². The summed E-state index contributed by atoms with van der Waals surface area (Å²) in [7, 11) is 1.09. The van der Waals surface area contributed by atoms with Gasteiger partial charge in [-0.15, -0.1) is 0 Å². The molecular weight excluding hydrogens is 176 g/mol. The van der Waals surface area contributed by atoms with Crippen LogP contribution in [0.2, 0.25) is 0 Å². The number of amides is 2. The summed E-state index contributed by atoms with van der Waals surface area (Å²) in [6.45, 7) is 2.01. The summed E-state index contributed by atoms with van der Waals surface area (Å²) in [6, 6.07) is 0. The van der Waals surface area contributed by atoms with E-state index in [1.165, 1.54) is 0 Å². The Morgan fingerprint density at radius 2 is 1.85 bits per heavy atom. The van der Waals surface area contributed by atoms with Gasteiger partial charge in [0.2, 0.25) is 5.91 Å². The van der Waals surface area contributed by atoms with Crippen molar-refractivity contribution in [3.05, 3.63) is 0 Å². The number of carbonyl (C=O) groups excluding carboxylic acids is 3. The van der Waals surface area contributed by atoms with Crippen molar-refractivity contribution in [3.63, 3.8) is 0 Å². The Balaban J connectivity index is 3.70. The molecule has 6 nitrogen and oxygen atoms in total. The number of likely N-dealkylation sites (N-methyl/N-ethyl adjacent to an activating group) is 1. The van der Waals surface area contributed by atoms with E-state index < -0.39 is 11.9 Å². The minimum Gasteiger partial charge on any atom is -0.462 e. The summed E-state index contributed by atoms with van der Waals surface area (Å²) in [4.78, 5) is 32.0. The first kappa shape index (κ1) is 11.4. The van der Waals surface area contributed by atoms with E-state index in [2.05, 4.69) is 15.4 Å². The minimum absolute atomic E-state index is 0.220. The van der Waals surface area contributed by atoms with E-state index in [1.807, 2.05) is 0 Å². The first-order valence-electron chi connectivity index (χ1n) is 3.74. The highest BCUT2D eigenvalue weighted by molar-refractivity contribution is 6.32. The number of ether oxygens (including phenoxy) is 1. The maximum Gasteiger partial charge on any atom is 0.396 e. The van der Waals surface area contributed by atoms with Crippen molar-refractivity contribution >= 4 is 17.8 Å². The first-order chi connectivity index (χ1) is 6.11. The molecule has 0 fully saturated rings. The third kappa shape index (κ3) is 4.78. The van der Waals surface area contributed by atoms with Gasteiger partial charge in [0.15, 0.2) is 0 Å². The van der Waals surface area contributed by atoms with Gasteiger partial charge in [-0.3, -0.25) is 9.59 Å². The second-order valence-electron chi connectivity index (χ2n) is 2.13. The molecule has 0 bridgehead atoms. The largest absolute Gasteiger partial charge is 0.462 e. The third-order valence-electron chi connectivity index (χ3n) is 1.15. The third-order valence-corrected chi connectivity index (χ3v) is 1.15. The molecule has 0 heterocycles. The van der Waals surface area contributed by atoms with E-state index in [-0.39, 0.29) is 12.5 Å². The van der Waals surface area contributed by atoms with Gasteiger partial charge in [-0.05, 0) is 6.92 Å². The maximum atomic E-state index is 10.8. The van der Waals surface area contributed by atoms with Crippen molar-refractivity contribution in [1.82, 2.24) is 10.6 Å². The van der Waals surface area contributed by atoms with Gasteiger partial charge in [0.25, 0.3) is 0 Å². The van der Waals surface area contributed by atoms with Crippen LogP contribution in [0.4, 0.5) is 0 Å². The van der Waals surface area contributed by atoms with Gasteiger partial charge in [0.1, 0.15) is 0 Å². The highest BCUT2D eigenvalue weighted by Crippen LogP contribution is 1.73. The Morgan fingerprint density at radius 1 is 1.23 bits per heavy atom. The lowest BCUT2D eigenvalue weighted by Crippen LogP contribution is -2.40. The molecule has 0 aromatic heterocycles. The van der Waals surface area contributed by atoms with Crippen LogP contribution in [0.5, 0.6) is 0 Å². The Kier molecular flexibility index (Phi) is 5.25. The number of rotatable bonds is 3. The zero-order valence-corrected chi connectivity index (χ0v) is 7.55. The van der Waals surface area contributed by atoms with Gasteiger partial charge in [0.05, 0.1) is 13.7 Å². The predicted octanol–water partition coefficient (Wildman–Crippen LogP) is -1.59. The minimum atomic E-state index is -1.01. The Labute approximate surface area is 75.6 Å². The Morgan fingerprint density at radius 3 is 2.31 bits per heavy atom. The molecule has 0 radical (unpaired) electrons.